The summed E-state index contributed by atoms with van der Waals surface area (Å²) in [6, 6.07) is 2.00. The Morgan fingerprint density at radius 2 is 2.09 bits per heavy atom. The van der Waals surface area contributed by atoms with Crippen molar-refractivity contribution in [1.82, 2.24) is 4.98 Å². The molecule has 0 aliphatic heterocycles. The Balaban J connectivity index is 2.50. The Kier molecular flexibility index (Phi) is 4.74. The lowest BCUT2D eigenvalue weighted by atomic mass is 9.81. The fourth-order valence-corrected chi connectivity index (χ4v) is 2.92. The van der Waals surface area contributed by atoms with E-state index in [1.54, 1.807) is 13.8 Å². The third-order valence-corrected chi connectivity index (χ3v) is 4.67. The molecule has 1 heterocycles. The number of carbonyl (C=O) groups excluding carboxylic acids is 1. The van der Waals surface area contributed by atoms with Crippen LogP contribution in [0.15, 0.2) is 0 Å². The van der Waals surface area contributed by atoms with Crippen LogP contribution >= 0.6 is 11.6 Å². The first-order chi connectivity index (χ1) is 10.3. The van der Waals surface area contributed by atoms with Gasteiger partial charge < -0.3 is 9.47 Å². The molecular formula is C16H19ClN2O3. The summed E-state index contributed by atoms with van der Waals surface area (Å²) in [5.74, 6) is -0.510. The molecule has 0 amide bonds. The zero-order valence-electron chi connectivity index (χ0n) is 13.2. The van der Waals surface area contributed by atoms with Gasteiger partial charge in [0.05, 0.1) is 17.7 Å². The van der Waals surface area contributed by atoms with Gasteiger partial charge in [-0.15, -0.1) is 0 Å². The molecular weight excluding hydrogens is 304 g/mol. The molecule has 6 heteroatoms. The van der Waals surface area contributed by atoms with Crippen molar-refractivity contribution in [3.8, 4) is 6.07 Å². The van der Waals surface area contributed by atoms with Crippen molar-refractivity contribution in [3.63, 3.8) is 0 Å². The predicted octanol–water partition coefficient (Wildman–Crippen LogP) is 3.40. The second-order valence-corrected chi connectivity index (χ2v) is 6.21. The van der Waals surface area contributed by atoms with E-state index in [1.165, 1.54) is 7.11 Å². The Morgan fingerprint density at radius 1 is 1.45 bits per heavy atom. The molecule has 118 valence electrons. The lowest BCUT2D eigenvalue weighted by Crippen LogP contribution is -2.40. The van der Waals surface area contributed by atoms with E-state index in [-0.39, 0.29) is 11.3 Å². The molecule has 1 aromatic heterocycles. The van der Waals surface area contributed by atoms with Crippen LogP contribution in [0.2, 0.25) is 5.02 Å². The van der Waals surface area contributed by atoms with Gasteiger partial charge in [-0.25, -0.2) is 9.78 Å². The minimum atomic E-state index is -0.929. The molecule has 1 atom stereocenters. The largest absolute Gasteiger partial charge is 0.467 e. The van der Waals surface area contributed by atoms with E-state index in [0.29, 0.717) is 21.8 Å². The lowest BCUT2D eigenvalue weighted by molar-refractivity contribution is -0.177. The molecule has 0 spiro atoms. The zero-order valence-corrected chi connectivity index (χ0v) is 14.0. The van der Waals surface area contributed by atoms with Crippen molar-refractivity contribution in [1.29, 1.82) is 5.26 Å². The van der Waals surface area contributed by atoms with E-state index < -0.39 is 12.1 Å². The molecule has 1 aliphatic carbocycles. The second kappa shape index (κ2) is 6.23. The molecule has 0 N–H and O–H groups in total. The molecule has 0 bridgehead atoms. The molecule has 1 aliphatic rings. The first-order valence-electron chi connectivity index (χ1n) is 7.15. The van der Waals surface area contributed by atoms with Gasteiger partial charge in [0.2, 0.25) is 0 Å². The number of ether oxygens (including phenoxy) is 2. The number of rotatable bonds is 4. The normalized spacial score (nSPS) is 17.3. The summed E-state index contributed by atoms with van der Waals surface area (Å²) < 4.78 is 10.9. The number of nitrogens with zero attached hydrogens (tertiary/aromatic N) is 2. The molecule has 2 rings (SSSR count). The number of pyridine rings is 1. The lowest BCUT2D eigenvalue weighted by Gasteiger charge is -2.40. The van der Waals surface area contributed by atoms with Gasteiger partial charge in [-0.2, -0.15) is 5.26 Å². The number of carbonyl (C=O) groups is 1. The third kappa shape index (κ3) is 2.94. The Bertz CT molecular complexity index is 648. The van der Waals surface area contributed by atoms with Crippen LogP contribution in [0.4, 0.5) is 0 Å². The van der Waals surface area contributed by atoms with Crippen LogP contribution in [0.25, 0.3) is 0 Å². The second-order valence-electron chi connectivity index (χ2n) is 5.83. The topological polar surface area (TPSA) is 72.2 Å². The van der Waals surface area contributed by atoms with E-state index in [0.717, 1.165) is 19.3 Å². The van der Waals surface area contributed by atoms with Gasteiger partial charge in [0.25, 0.3) is 0 Å². The highest BCUT2D eigenvalue weighted by Crippen LogP contribution is 2.42. The number of hydrogen-bond acceptors (Lipinski definition) is 5. The van der Waals surface area contributed by atoms with E-state index >= 15 is 0 Å². The zero-order chi connectivity index (χ0) is 16.5. The van der Waals surface area contributed by atoms with Crippen LogP contribution < -0.4 is 0 Å². The standard InChI is InChI=1S/C16H19ClN2O3/c1-9-11(8-18)19-10(2)12(13(9)17)14(15(20)21-4)22-16(3)6-5-7-16/h14H,5-7H2,1-4H3. The molecule has 1 saturated carbocycles. The first kappa shape index (κ1) is 16.7. The summed E-state index contributed by atoms with van der Waals surface area (Å²) in [4.78, 5) is 16.4. The van der Waals surface area contributed by atoms with Crippen LogP contribution in [-0.2, 0) is 14.3 Å². The molecule has 22 heavy (non-hydrogen) atoms. The number of nitriles is 1. The summed E-state index contributed by atoms with van der Waals surface area (Å²) in [6.45, 7) is 5.39. The van der Waals surface area contributed by atoms with Gasteiger partial charge in [0.15, 0.2) is 6.10 Å². The molecule has 0 radical (unpaired) electrons. The van der Waals surface area contributed by atoms with Gasteiger partial charge in [-0.1, -0.05) is 11.6 Å². The Morgan fingerprint density at radius 3 is 2.55 bits per heavy atom. The number of hydrogen-bond donors (Lipinski definition) is 0. The maximum absolute atomic E-state index is 12.2. The minimum absolute atomic E-state index is 0.254. The van der Waals surface area contributed by atoms with Crippen LogP contribution in [0, 0.1) is 25.2 Å². The SMILES string of the molecule is COC(=O)C(OC1(C)CCC1)c1c(C)nc(C#N)c(C)c1Cl. The van der Waals surface area contributed by atoms with Gasteiger partial charge >= 0.3 is 5.97 Å². The highest BCUT2D eigenvalue weighted by molar-refractivity contribution is 6.32. The van der Waals surface area contributed by atoms with E-state index in [1.807, 2.05) is 13.0 Å². The van der Waals surface area contributed by atoms with Crippen molar-refractivity contribution >= 4 is 17.6 Å². The average Bonchev–Trinajstić information content (AvgIpc) is 2.47. The number of aromatic nitrogens is 1. The quantitative estimate of drug-likeness (QED) is 0.794. The maximum Gasteiger partial charge on any atom is 0.339 e. The summed E-state index contributed by atoms with van der Waals surface area (Å²) in [5, 5.41) is 9.43. The molecule has 1 fully saturated rings. The van der Waals surface area contributed by atoms with Crippen LogP contribution in [0.5, 0.6) is 0 Å². The first-order valence-corrected chi connectivity index (χ1v) is 7.53. The molecule has 1 aromatic rings. The maximum atomic E-state index is 12.2. The van der Waals surface area contributed by atoms with Gasteiger partial charge in [0, 0.05) is 16.8 Å². The van der Waals surface area contributed by atoms with E-state index in [2.05, 4.69) is 4.98 Å². The minimum Gasteiger partial charge on any atom is -0.467 e. The fraction of sp³-hybridized carbons (Fsp3) is 0.562. The summed E-state index contributed by atoms with van der Waals surface area (Å²) >= 11 is 6.39. The summed E-state index contributed by atoms with van der Waals surface area (Å²) in [6.07, 6.45) is 1.92. The predicted molar refractivity (Wildman–Crippen MR) is 81.5 cm³/mol. The number of aryl methyl sites for hydroxylation is 1. The van der Waals surface area contributed by atoms with Crippen LogP contribution in [0.1, 0.15) is 54.8 Å². The molecule has 5 nitrogen and oxygen atoms in total. The average molecular weight is 323 g/mol. The monoisotopic (exact) mass is 322 g/mol. The molecule has 0 saturated heterocycles. The van der Waals surface area contributed by atoms with Crippen molar-refractivity contribution in [2.24, 2.45) is 0 Å². The highest BCUT2D eigenvalue weighted by atomic mass is 35.5. The smallest absolute Gasteiger partial charge is 0.339 e. The van der Waals surface area contributed by atoms with Gasteiger partial charge in [-0.3, -0.25) is 0 Å². The van der Waals surface area contributed by atoms with E-state index in [4.69, 9.17) is 26.3 Å². The van der Waals surface area contributed by atoms with Gasteiger partial charge in [-0.05, 0) is 40.0 Å². The molecule has 1 unspecified atom stereocenters. The van der Waals surface area contributed by atoms with Gasteiger partial charge in [0.1, 0.15) is 11.8 Å². The number of methoxy groups -OCH3 is 1. The van der Waals surface area contributed by atoms with Crippen molar-refractivity contribution in [2.45, 2.75) is 51.7 Å². The van der Waals surface area contributed by atoms with Crippen molar-refractivity contribution in [3.05, 3.63) is 27.5 Å². The molecule has 0 aromatic carbocycles. The Hall–Kier alpha value is -1.64. The Labute approximate surface area is 135 Å². The van der Waals surface area contributed by atoms with E-state index in [9.17, 15) is 4.79 Å². The third-order valence-electron chi connectivity index (χ3n) is 4.19. The van der Waals surface area contributed by atoms with Crippen molar-refractivity contribution < 1.29 is 14.3 Å². The highest BCUT2D eigenvalue weighted by Gasteiger charge is 2.40. The number of halogens is 1. The van der Waals surface area contributed by atoms with Crippen LogP contribution in [-0.4, -0.2) is 23.7 Å². The summed E-state index contributed by atoms with van der Waals surface area (Å²) in [5.41, 5.74) is 1.44. The fourth-order valence-electron chi connectivity index (χ4n) is 2.60. The van der Waals surface area contributed by atoms with Crippen molar-refractivity contribution in [2.75, 3.05) is 7.11 Å². The summed E-state index contributed by atoms with van der Waals surface area (Å²) in [7, 11) is 1.31. The number of esters is 1. The van der Waals surface area contributed by atoms with Crippen LogP contribution in [0.3, 0.4) is 0 Å².